The lowest BCUT2D eigenvalue weighted by atomic mass is 9.98. The molecule has 11 atom stereocenters. The van der Waals surface area contributed by atoms with E-state index in [9.17, 15) is 60.7 Å². The van der Waals surface area contributed by atoms with Crippen molar-refractivity contribution in [3.63, 3.8) is 0 Å². The summed E-state index contributed by atoms with van der Waals surface area (Å²) in [6.45, 7) is 1.17. The second-order valence-corrected chi connectivity index (χ2v) is 11.7. The molecule has 3 aliphatic heterocycles. The third kappa shape index (κ3) is 7.59. The zero-order chi connectivity index (χ0) is 36.6. The van der Waals surface area contributed by atoms with Gasteiger partial charge in [0.2, 0.25) is 12.6 Å². The van der Waals surface area contributed by atoms with Gasteiger partial charge in [0.15, 0.2) is 23.0 Å². The Morgan fingerprint density at radius 2 is 1.20 bits per heavy atom. The van der Waals surface area contributed by atoms with Crippen LogP contribution in [0.2, 0.25) is 0 Å². The summed E-state index contributed by atoms with van der Waals surface area (Å²) < 4.78 is 37.3. The van der Waals surface area contributed by atoms with Crippen molar-refractivity contribution in [2.75, 3.05) is 13.2 Å². The lowest BCUT2D eigenvalue weighted by Crippen LogP contribution is -2.60. The van der Waals surface area contributed by atoms with Crippen molar-refractivity contribution in [1.29, 1.82) is 0 Å². The molecular formula is C31H37O19+. The van der Waals surface area contributed by atoms with E-state index in [0.717, 1.165) is 32.0 Å². The number of rotatable bonds is 9. The Bertz CT molecular complexity index is 1590. The molecule has 19 nitrogen and oxygen atoms in total. The van der Waals surface area contributed by atoms with Gasteiger partial charge in [-0.15, -0.1) is 0 Å². The molecular weight excluding hydrogens is 676 g/mol. The zero-order valence-corrected chi connectivity index (χ0v) is 26.3. The first-order chi connectivity index (χ1) is 23.5. The van der Waals surface area contributed by atoms with Gasteiger partial charge in [-0.1, -0.05) is 0 Å². The van der Waals surface area contributed by atoms with Crippen LogP contribution in [-0.2, 0) is 33.3 Å². The second kappa shape index (κ2) is 14.7. The summed E-state index contributed by atoms with van der Waals surface area (Å²) in [5, 5.41) is 104. The maximum Gasteiger partial charge on any atom is 0.302 e. The van der Waals surface area contributed by atoms with Crippen LogP contribution in [0.15, 0.2) is 30.0 Å². The summed E-state index contributed by atoms with van der Waals surface area (Å²) in [5.74, 6) is -4.68. The van der Waals surface area contributed by atoms with E-state index in [-0.39, 0.29) is 28.4 Å². The van der Waals surface area contributed by atoms with Crippen LogP contribution in [-0.4, -0.2) is 142 Å². The van der Waals surface area contributed by atoms with Crippen LogP contribution in [0.25, 0.3) is 6.08 Å². The number of fused-ring (bicyclic) bond motifs is 1. The first-order valence-electron chi connectivity index (χ1n) is 15.1. The molecule has 3 aliphatic rings. The third-order valence-corrected chi connectivity index (χ3v) is 8.07. The van der Waals surface area contributed by atoms with E-state index >= 15 is 0 Å². The normalized spacial score (nSPS) is 32.2. The summed E-state index contributed by atoms with van der Waals surface area (Å²) in [7, 11) is 0. The first kappa shape index (κ1) is 36.7. The lowest BCUT2D eigenvalue weighted by molar-refractivity contribution is -0.296. The average Bonchev–Trinajstić information content (AvgIpc) is 3.06. The summed E-state index contributed by atoms with van der Waals surface area (Å²) in [6.07, 6.45) is -17.1. The Kier molecular flexibility index (Phi) is 10.8. The number of aromatic hydroxyl groups is 5. The quantitative estimate of drug-likeness (QED) is 0.0762. The first-order valence-corrected chi connectivity index (χ1v) is 15.1. The molecule has 0 radical (unpaired) electrons. The number of aliphatic hydroxyl groups excluding tert-OH is 6. The van der Waals surface area contributed by atoms with Gasteiger partial charge in [0.05, 0.1) is 11.6 Å². The molecule has 0 saturated carbocycles. The number of esters is 2. The number of phenolic OH excluding ortho intramolecular Hbond substituents is 4. The number of carbonyl (C=O) groups excluding carboxylic acids is 2. The van der Waals surface area contributed by atoms with E-state index in [0.29, 0.717) is 0 Å². The molecule has 11 unspecified atom stereocenters. The Morgan fingerprint density at radius 3 is 1.70 bits per heavy atom. The molecule has 50 heavy (non-hydrogen) atoms. The highest BCUT2D eigenvalue weighted by atomic mass is 16.7. The molecule has 2 aromatic carbocycles. The van der Waals surface area contributed by atoms with Crippen LogP contribution >= 0.6 is 0 Å². The molecule has 19 heteroatoms. The maximum absolute atomic E-state index is 11.4. The largest absolute Gasteiger partial charge is 0.571 e. The van der Waals surface area contributed by atoms with E-state index in [4.69, 9.17) is 28.4 Å². The standard InChI is InChI=1S/C31H36O19/c1-10(32)44-8-20-23(38)25(40)27(42)30(49-20)47-18-6-13(34)5-17-14(18)7-19(29(46-17)12-3-15(35)22(37)16(36)4-12)48-31-28(43)26(41)24(39)21(50-31)9-45-11(2)33/h3-7,20-21,23-31,34-43H,8-9H2,1-2H3/p+1. The molecule has 274 valence electrons. The van der Waals surface area contributed by atoms with Crippen molar-refractivity contribution in [3.05, 3.63) is 41.2 Å². The summed E-state index contributed by atoms with van der Waals surface area (Å²) in [4.78, 5) is 22.7. The zero-order valence-electron chi connectivity index (χ0n) is 26.3. The van der Waals surface area contributed by atoms with Crippen molar-refractivity contribution in [2.45, 2.75) is 81.4 Å². The molecule has 11 N–H and O–H groups in total. The minimum Gasteiger partial charge on any atom is -0.571 e. The van der Waals surface area contributed by atoms with Crippen LogP contribution in [0.4, 0.5) is 0 Å². The predicted octanol–water partition coefficient (Wildman–Crippen LogP) is -2.02. The highest BCUT2D eigenvalue weighted by Gasteiger charge is 2.48. The number of carbonyl (C=O) groups is 2. The van der Waals surface area contributed by atoms with Crippen molar-refractivity contribution < 1.29 is 93.8 Å². The summed E-state index contributed by atoms with van der Waals surface area (Å²) >= 11 is 0. The summed E-state index contributed by atoms with van der Waals surface area (Å²) in [5.41, 5.74) is 0.0240. The van der Waals surface area contributed by atoms with Gasteiger partial charge < -0.3 is 84.2 Å². The highest BCUT2D eigenvalue weighted by molar-refractivity contribution is 5.70. The van der Waals surface area contributed by atoms with Crippen LogP contribution < -0.4 is 4.74 Å². The average molecular weight is 714 g/mol. The fourth-order valence-corrected chi connectivity index (χ4v) is 5.45. The number of aliphatic hydroxyl groups is 7. The van der Waals surface area contributed by atoms with Gasteiger partial charge in [0.25, 0.3) is 11.9 Å². The van der Waals surface area contributed by atoms with Crippen LogP contribution in [0.1, 0.15) is 31.1 Å². The van der Waals surface area contributed by atoms with Gasteiger partial charge in [-0.3, -0.25) is 9.59 Å². The summed E-state index contributed by atoms with van der Waals surface area (Å²) in [6, 6.07) is 4.34. The second-order valence-electron chi connectivity index (χ2n) is 11.7. The minimum absolute atomic E-state index is 0.000634. The van der Waals surface area contributed by atoms with Crippen LogP contribution in [0, 0.1) is 0 Å². The fraction of sp³-hybridized carbons (Fsp3) is 0.484. The molecule has 0 amide bonds. The molecule has 0 spiro atoms. The van der Waals surface area contributed by atoms with Gasteiger partial charge in [-0.2, -0.15) is 0 Å². The van der Waals surface area contributed by atoms with Gasteiger partial charge in [0, 0.05) is 26.0 Å². The molecule has 2 fully saturated rings. The maximum atomic E-state index is 11.4. The third-order valence-electron chi connectivity index (χ3n) is 8.07. The Hall–Kier alpha value is -4.60. The van der Waals surface area contributed by atoms with E-state index < -0.39 is 116 Å². The fourth-order valence-electron chi connectivity index (χ4n) is 5.45. The number of hydrogen-bond acceptors (Lipinski definition) is 18. The number of hydrogen-bond donors (Lipinski definition) is 10. The lowest BCUT2D eigenvalue weighted by Gasteiger charge is -2.41. The number of phenols is 4. The van der Waals surface area contributed by atoms with Gasteiger partial charge in [-0.25, -0.2) is 0 Å². The molecule has 3 heterocycles. The SMILES string of the molecule is CC(=O)OCC1OC(OC2=Cc3c(OC4OC(COC(C)=O)C(O)C(O)C4O)cc(O)cc3[OH+]C2c2cc(O)c(O)c(O)c2)C(O)C(O)C1O. The van der Waals surface area contributed by atoms with E-state index in [1.807, 2.05) is 0 Å². The topological polar surface area (TPSA) is 305 Å². The monoisotopic (exact) mass is 713 g/mol. The smallest absolute Gasteiger partial charge is 0.302 e. The van der Waals surface area contributed by atoms with Crippen molar-refractivity contribution >= 4 is 18.0 Å². The molecule has 5 rings (SSSR count). The van der Waals surface area contributed by atoms with Gasteiger partial charge in [0.1, 0.15) is 79.1 Å². The van der Waals surface area contributed by atoms with E-state index in [1.165, 1.54) is 12.1 Å². The van der Waals surface area contributed by atoms with Crippen molar-refractivity contribution in [3.8, 4) is 34.5 Å². The Labute approximate surface area is 282 Å². The van der Waals surface area contributed by atoms with Crippen LogP contribution in [0.5, 0.6) is 34.5 Å². The minimum atomic E-state index is -1.90. The highest BCUT2D eigenvalue weighted by Crippen LogP contribution is 2.48. The van der Waals surface area contributed by atoms with E-state index in [2.05, 4.69) is 4.74 Å². The number of benzene rings is 2. The molecule has 0 aromatic heterocycles. The van der Waals surface area contributed by atoms with Crippen molar-refractivity contribution in [2.24, 2.45) is 0 Å². The van der Waals surface area contributed by atoms with Crippen molar-refractivity contribution in [1.82, 2.24) is 0 Å². The molecule has 0 bridgehead atoms. The number of ether oxygens (including phenoxy) is 7. The van der Waals surface area contributed by atoms with Gasteiger partial charge >= 0.3 is 11.9 Å². The Balaban J connectivity index is 1.53. The molecule has 2 aromatic rings. The van der Waals surface area contributed by atoms with Crippen LogP contribution in [0.3, 0.4) is 0 Å². The molecule has 2 saturated heterocycles. The molecule has 0 aliphatic carbocycles. The van der Waals surface area contributed by atoms with E-state index in [1.54, 1.807) is 0 Å². The predicted molar refractivity (Wildman–Crippen MR) is 160 cm³/mol. The van der Waals surface area contributed by atoms with Gasteiger partial charge in [-0.05, 0) is 12.1 Å². The Morgan fingerprint density at radius 1 is 0.700 bits per heavy atom.